The zero-order valence-corrected chi connectivity index (χ0v) is 18.6. The summed E-state index contributed by atoms with van der Waals surface area (Å²) in [5.74, 6) is 0.197. The molecule has 166 valence electrons. The minimum Gasteiger partial charge on any atom is -0.497 e. The van der Waals surface area contributed by atoms with Crippen molar-refractivity contribution in [2.45, 2.75) is 17.5 Å². The monoisotopic (exact) mass is 459 g/mol. The highest BCUT2D eigenvalue weighted by Crippen LogP contribution is 2.24. The van der Waals surface area contributed by atoms with Crippen molar-refractivity contribution in [3.8, 4) is 11.8 Å². The van der Waals surface area contributed by atoms with Crippen LogP contribution in [0.3, 0.4) is 0 Å². The van der Waals surface area contributed by atoms with Crippen molar-refractivity contribution in [3.05, 3.63) is 96.2 Å². The number of benzene rings is 3. The number of nitrogens with zero attached hydrogens (tertiary/aromatic N) is 2. The van der Waals surface area contributed by atoms with Crippen molar-refractivity contribution < 1.29 is 17.9 Å². The number of rotatable bonds is 6. The number of nitriles is 1. The number of hydrogen-bond acceptors (Lipinski definition) is 5. The lowest BCUT2D eigenvalue weighted by molar-refractivity contribution is -0.129. The second kappa shape index (κ2) is 9.28. The standard InChI is InChI=1S/C25H21N3O4S/c1-32-22-10-8-20-9-11-23(15-21(20)14-22)33(30,31)27-24-7-2-3-12-28(25(24)29)17-19-6-4-5-18(13-19)16-26/h2-15,24,27H,17H2,1H3/t24-/m0/s1. The van der Waals surface area contributed by atoms with Gasteiger partial charge in [0, 0.05) is 6.20 Å². The fourth-order valence-electron chi connectivity index (χ4n) is 3.55. The van der Waals surface area contributed by atoms with Gasteiger partial charge in [0.1, 0.15) is 11.8 Å². The van der Waals surface area contributed by atoms with Gasteiger partial charge in [-0.1, -0.05) is 36.4 Å². The van der Waals surface area contributed by atoms with E-state index in [1.54, 1.807) is 67.9 Å². The Morgan fingerprint density at radius 1 is 1.06 bits per heavy atom. The average molecular weight is 460 g/mol. The van der Waals surface area contributed by atoms with E-state index in [0.717, 1.165) is 10.9 Å². The molecule has 0 saturated carbocycles. The number of hydrogen-bond donors (Lipinski definition) is 1. The Balaban J connectivity index is 1.57. The SMILES string of the molecule is COc1ccc2ccc(S(=O)(=O)N[C@H]3C=CC=CN(Cc4cccc(C#N)c4)C3=O)cc2c1. The number of fused-ring (bicyclic) bond motifs is 1. The number of nitrogens with one attached hydrogen (secondary N) is 1. The van der Waals surface area contributed by atoms with Crippen LogP contribution in [0.2, 0.25) is 0 Å². The van der Waals surface area contributed by atoms with Crippen LogP contribution in [0.25, 0.3) is 10.8 Å². The van der Waals surface area contributed by atoms with E-state index in [1.807, 2.05) is 12.1 Å². The van der Waals surface area contributed by atoms with Crippen LogP contribution < -0.4 is 9.46 Å². The van der Waals surface area contributed by atoms with Gasteiger partial charge in [-0.3, -0.25) is 4.79 Å². The Hall–Kier alpha value is -3.93. The molecule has 1 heterocycles. The van der Waals surface area contributed by atoms with E-state index in [2.05, 4.69) is 10.8 Å². The normalized spacial score (nSPS) is 15.9. The zero-order chi connectivity index (χ0) is 23.4. The van der Waals surface area contributed by atoms with Crippen molar-refractivity contribution >= 4 is 26.7 Å². The van der Waals surface area contributed by atoms with Crippen molar-refractivity contribution in [2.24, 2.45) is 0 Å². The van der Waals surface area contributed by atoms with Gasteiger partial charge >= 0.3 is 0 Å². The summed E-state index contributed by atoms with van der Waals surface area (Å²) in [6.07, 6.45) is 6.39. The Kier molecular flexibility index (Phi) is 6.27. The van der Waals surface area contributed by atoms with E-state index >= 15 is 0 Å². The molecule has 1 aliphatic heterocycles. The molecule has 0 aromatic heterocycles. The summed E-state index contributed by atoms with van der Waals surface area (Å²) in [6, 6.07) is 18.1. The summed E-state index contributed by atoms with van der Waals surface area (Å²) in [4.78, 5) is 14.6. The smallest absolute Gasteiger partial charge is 0.248 e. The minimum atomic E-state index is -3.99. The third-order valence-electron chi connectivity index (χ3n) is 5.25. The fraction of sp³-hybridized carbons (Fsp3) is 0.120. The van der Waals surface area contributed by atoms with Crippen LogP contribution >= 0.6 is 0 Å². The first-order chi connectivity index (χ1) is 15.9. The molecule has 1 atom stereocenters. The zero-order valence-electron chi connectivity index (χ0n) is 17.8. The molecule has 0 unspecified atom stereocenters. The summed E-state index contributed by atoms with van der Waals surface area (Å²) in [5, 5.41) is 10.7. The first-order valence-electron chi connectivity index (χ1n) is 10.1. The maximum absolute atomic E-state index is 13.1. The maximum Gasteiger partial charge on any atom is 0.248 e. The van der Waals surface area contributed by atoms with Gasteiger partial charge < -0.3 is 9.64 Å². The van der Waals surface area contributed by atoms with E-state index in [4.69, 9.17) is 10.00 Å². The fourth-order valence-corrected chi connectivity index (χ4v) is 4.73. The van der Waals surface area contributed by atoms with Gasteiger partial charge in [-0.25, -0.2) is 8.42 Å². The number of methoxy groups -OCH3 is 1. The molecule has 0 bridgehead atoms. The van der Waals surface area contributed by atoms with E-state index in [0.29, 0.717) is 16.7 Å². The summed E-state index contributed by atoms with van der Waals surface area (Å²) < 4.78 is 33.9. The van der Waals surface area contributed by atoms with Crippen LogP contribution in [0.4, 0.5) is 0 Å². The highest BCUT2D eigenvalue weighted by molar-refractivity contribution is 7.89. The predicted molar refractivity (Wildman–Crippen MR) is 125 cm³/mol. The Morgan fingerprint density at radius 2 is 1.88 bits per heavy atom. The molecule has 8 heteroatoms. The van der Waals surface area contributed by atoms with Gasteiger partial charge in [0.15, 0.2) is 0 Å². The molecule has 1 aliphatic rings. The second-order valence-electron chi connectivity index (χ2n) is 7.48. The maximum atomic E-state index is 13.1. The summed E-state index contributed by atoms with van der Waals surface area (Å²) in [5.41, 5.74) is 1.25. The molecule has 1 amide bonds. The van der Waals surface area contributed by atoms with Crippen LogP contribution in [0.15, 0.2) is 90.0 Å². The summed E-state index contributed by atoms with van der Waals surface area (Å²) >= 11 is 0. The van der Waals surface area contributed by atoms with Crippen LogP contribution in [0.1, 0.15) is 11.1 Å². The number of sulfonamides is 1. The molecule has 1 N–H and O–H groups in total. The summed E-state index contributed by atoms with van der Waals surface area (Å²) in [7, 11) is -2.44. The largest absolute Gasteiger partial charge is 0.497 e. The number of allylic oxidation sites excluding steroid dienone is 2. The molecular formula is C25H21N3O4S. The van der Waals surface area contributed by atoms with Crippen molar-refractivity contribution in [2.75, 3.05) is 7.11 Å². The number of amides is 1. The van der Waals surface area contributed by atoms with Gasteiger partial charge in [-0.05, 0) is 58.8 Å². The molecule has 0 saturated heterocycles. The topological polar surface area (TPSA) is 99.5 Å². The molecule has 0 radical (unpaired) electrons. The molecule has 3 aromatic rings. The first-order valence-corrected chi connectivity index (χ1v) is 11.6. The third-order valence-corrected chi connectivity index (χ3v) is 6.69. The predicted octanol–water partition coefficient (Wildman–Crippen LogP) is 3.48. The molecule has 0 aliphatic carbocycles. The highest BCUT2D eigenvalue weighted by atomic mass is 32.2. The van der Waals surface area contributed by atoms with Crippen LogP contribution in [-0.4, -0.2) is 32.4 Å². The van der Waals surface area contributed by atoms with E-state index in [9.17, 15) is 13.2 Å². The molecule has 4 rings (SSSR count). The molecular weight excluding hydrogens is 438 g/mol. The van der Waals surface area contributed by atoms with Gasteiger partial charge in [0.25, 0.3) is 0 Å². The van der Waals surface area contributed by atoms with E-state index in [1.165, 1.54) is 17.0 Å². The molecule has 3 aromatic carbocycles. The molecule has 33 heavy (non-hydrogen) atoms. The van der Waals surface area contributed by atoms with Gasteiger partial charge in [-0.15, -0.1) is 0 Å². The van der Waals surface area contributed by atoms with E-state index < -0.39 is 22.0 Å². The van der Waals surface area contributed by atoms with Crippen LogP contribution in [0, 0.1) is 11.3 Å². The van der Waals surface area contributed by atoms with Gasteiger partial charge in [-0.2, -0.15) is 9.98 Å². The number of carbonyl (C=O) groups excluding carboxylic acids is 1. The quantitative estimate of drug-likeness (QED) is 0.608. The molecule has 7 nitrogen and oxygen atoms in total. The minimum absolute atomic E-state index is 0.0509. The van der Waals surface area contributed by atoms with Crippen molar-refractivity contribution in [1.29, 1.82) is 5.26 Å². The Labute approximate surface area is 192 Å². The van der Waals surface area contributed by atoms with Crippen LogP contribution in [-0.2, 0) is 21.4 Å². The Bertz CT molecular complexity index is 1420. The molecule has 0 fully saturated rings. The van der Waals surface area contributed by atoms with Crippen molar-refractivity contribution in [1.82, 2.24) is 9.62 Å². The first kappa shape index (κ1) is 22.3. The van der Waals surface area contributed by atoms with Crippen molar-refractivity contribution in [3.63, 3.8) is 0 Å². The van der Waals surface area contributed by atoms with Crippen LogP contribution in [0.5, 0.6) is 5.75 Å². The highest BCUT2D eigenvalue weighted by Gasteiger charge is 2.28. The third kappa shape index (κ3) is 4.95. The number of carbonyl (C=O) groups is 1. The number of ether oxygens (including phenoxy) is 1. The second-order valence-corrected chi connectivity index (χ2v) is 9.19. The average Bonchev–Trinajstić information content (AvgIpc) is 2.99. The Morgan fingerprint density at radius 3 is 2.67 bits per heavy atom. The lowest BCUT2D eigenvalue weighted by atomic mass is 10.1. The van der Waals surface area contributed by atoms with Gasteiger partial charge in [0.05, 0.1) is 30.2 Å². The lowest BCUT2D eigenvalue weighted by Crippen LogP contribution is -2.45. The van der Waals surface area contributed by atoms with E-state index in [-0.39, 0.29) is 11.4 Å². The van der Waals surface area contributed by atoms with Gasteiger partial charge in [0.2, 0.25) is 15.9 Å². The molecule has 0 spiro atoms. The lowest BCUT2D eigenvalue weighted by Gasteiger charge is -2.22. The summed E-state index contributed by atoms with van der Waals surface area (Å²) in [6.45, 7) is 0.209.